The highest BCUT2D eigenvalue weighted by atomic mass is 79.9. The Labute approximate surface area is 185 Å². The van der Waals surface area contributed by atoms with Gasteiger partial charge >= 0.3 is 0 Å². The Morgan fingerprint density at radius 3 is 2.45 bits per heavy atom. The van der Waals surface area contributed by atoms with Crippen molar-refractivity contribution in [3.05, 3.63) is 88.2 Å². The van der Waals surface area contributed by atoms with Crippen molar-refractivity contribution in [2.45, 2.75) is 6.04 Å². The van der Waals surface area contributed by atoms with Gasteiger partial charge in [0.15, 0.2) is 11.5 Å². The smallest absolute Gasteiger partial charge is 0.300 e. The van der Waals surface area contributed by atoms with Crippen molar-refractivity contribution in [3.8, 4) is 11.5 Å². The number of aliphatic hydroxyl groups is 1. The maximum atomic E-state index is 13.1. The molecular weight excluding hydrogens is 464 g/mol. The molecule has 0 spiro atoms. The van der Waals surface area contributed by atoms with E-state index in [9.17, 15) is 14.7 Å². The van der Waals surface area contributed by atoms with E-state index in [1.807, 2.05) is 0 Å². The summed E-state index contributed by atoms with van der Waals surface area (Å²) < 4.78 is 11.5. The SMILES string of the molecule is O=C1C(=O)N(c2ccc(Br)cc2)C(c2ccncc2)/C1=C(/O)c1ccc2c(c1)OCO2. The summed E-state index contributed by atoms with van der Waals surface area (Å²) >= 11 is 3.38. The van der Waals surface area contributed by atoms with Gasteiger partial charge in [0.05, 0.1) is 11.6 Å². The number of anilines is 1. The van der Waals surface area contributed by atoms with Crippen LogP contribution in [0.15, 0.2) is 77.0 Å². The van der Waals surface area contributed by atoms with Crippen molar-refractivity contribution < 1.29 is 24.2 Å². The molecule has 0 aliphatic carbocycles. The lowest BCUT2D eigenvalue weighted by atomic mass is 9.95. The van der Waals surface area contributed by atoms with Gasteiger partial charge in [-0.3, -0.25) is 19.5 Å². The summed E-state index contributed by atoms with van der Waals surface area (Å²) in [5, 5.41) is 11.1. The largest absolute Gasteiger partial charge is 0.507 e. The van der Waals surface area contributed by atoms with Crippen LogP contribution in [0.5, 0.6) is 11.5 Å². The van der Waals surface area contributed by atoms with Crippen LogP contribution in [-0.4, -0.2) is 28.6 Å². The van der Waals surface area contributed by atoms with Gasteiger partial charge in [-0.1, -0.05) is 15.9 Å². The topological polar surface area (TPSA) is 89.0 Å². The summed E-state index contributed by atoms with van der Waals surface area (Å²) in [5.41, 5.74) is 1.55. The first-order valence-corrected chi connectivity index (χ1v) is 10.2. The number of nitrogens with zero attached hydrogens (tertiary/aromatic N) is 2. The molecule has 154 valence electrons. The van der Waals surface area contributed by atoms with E-state index in [4.69, 9.17) is 9.47 Å². The number of benzene rings is 2. The number of halogens is 1. The zero-order chi connectivity index (χ0) is 21.5. The molecule has 8 heteroatoms. The van der Waals surface area contributed by atoms with E-state index in [-0.39, 0.29) is 18.1 Å². The maximum absolute atomic E-state index is 13.1. The Kier molecular flexibility index (Phi) is 4.71. The second-order valence-corrected chi connectivity index (χ2v) is 7.91. The number of carbonyl (C=O) groups is 2. The monoisotopic (exact) mass is 478 g/mol. The molecule has 3 aromatic rings. The highest BCUT2D eigenvalue weighted by molar-refractivity contribution is 9.10. The van der Waals surface area contributed by atoms with Crippen LogP contribution in [0.1, 0.15) is 17.2 Å². The fourth-order valence-corrected chi connectivity index (χ4v) is 4.03. The van der Waals surface area contributed by atoms with E-state index in [0.29, 0.717) is 28.3 Å². The minimum absolute atomic E-state index is 0.00187. The number of amides is 1. The van der Waals surface area contributed by atoms with Crippen molar-refractivity contribution in [1.29, 1.82) is 0 Å². The number of carbonyl (C=O) groups excluding carboxylic acids is 2. The highest BCUT2D eigenvalue weighted by Gasteiger charge is 2.47. The Hall–Kier alpha value is -3.65. The van der Waals surface area contributed by atoms with E-state index < -0.39 is 17.7 Å². The third-order valence-corrected chi connectivity index (χ3v) is 5.75. The molecule has 3 heterocycles. The number of aromatic nitrogens is 1. The van der Waals surface area contributed by atoms with Crippen LogP contribution in [0.3, 0.4) is 0 Å². The lowest BCUT2D eigenvalue weighted by Gasteiger charge is -2.25. The number of aliphatic hydroxyl groups excluding tert-OH is 1. The molecule has 5 rings (SSSR count). The first-order valence-electron chi connectivity index (χ1n) is 9.41. The Balaban J connectivity index is 1.69. The van der Waals surface area contributed by atoms with Gasteiger partial charge < -0.3 is 14.6 Å². The van der Waals surface area contributed by atoms with Gasteiger partial charge in [-0.25, -0.2) is 0 Å². The summed E-state index contributed by atoms with van der Waals surface area (Å²) in [6.45, 7) is 0.0878. The van der Waals surface area contributed by atoms with Crippen LogP contribution >= 0.6 is 15.9 Å². The number of hydrogen-bond acceptors (Lipinski definition) is 6. The van der Waals surface area contributed by atoms with Gasteiger partial charge in [-0.2, -0.15) is 0 Å². The highest BCUT2D eigenvalue weighted by Crippen LogP contribution is 2.43. The number of fused-ring (bicyclic) bond motifs is 1. The van der Waals surface area contributed by atoms with Crippen LogP contribution in [0.2, 0.25) is 0 Å². The number of ketones is 1. The maximum Gasteiger partial charge on any atom is 0.300 e. The van der Waals surface area contributed by atoms with Crippen LogP contribution in [0.4, 0.5) is 5.69 Å². The minimum atomic E-state index is -0.811. The Morgan fingerprint density at radius 2 is 1.71 bits per heavy atom. The number of ether oxygens (including phenoxy) is 2. The first kappa shape index (κ1) is 19.3. The third-order valence-electron chi connectivity index (χ3n) is 5.22. The predicted molar refractivity (Wildman–Crippen MR) is 116 cm³/mol. The molecule has 0 radical (unpaired) electrons. The van der Waals surface area contributed by atoms with Gasteiger partial charge in [-0.15, -0.1) is 0 Å². The molecule has 1 N–H and O–H groups in total. The molecule has 1 aromatic heterocycles. The van der Waals surface area contributed by atoms with Crippen LogP contribution in [-0.2, 0) is 9.59 Å². The molecule has 1 saturated heterocycles. The molecule has 2 aliphatic heterocycles. The van der Waals surface area contributed by atoms with E-state index in [1.165, 1.54) is 4.90 Å². The summed E-state index contributed by atoms with van der Waals surface area (Å²) in [5.74, 6) is -0.742. The molecule has 0 bridgehead atoms. The second kappa shape index (κ2) is 7.55. The van der Waals surface area contributed by atoms with Crippen molar-refractivity contribution in [2.24, 2.45) is 0 Å². The van der Waals surface area contributed by atoms with Crippen molar-refractivity contribution >= 4 is 39.1 Å². The molecule has 1 amide bonds. The average Bonchev–Trinajstić information content (AvgIpc) is 3.37. The zero-order valence-electron chi connectivity index (χ0n) is 16.0. The van der Waals surface area contributed by atoms with Crippen molar-refractivity contribution in [2.75, 3.05) is 11.7 Å². The van der Waals surface area contributed by atoms with Gasteiger partial charge in [0.25, 0.3) is 11.7 Å². The number of Topliss-reactive ketones (excluding diaryl/α,β-unsaturated/α-hetero) is 1. The molecular formula is C23H15BrN2O5. The summed E-state index contributed by atoms with van der Waals surface area (Å²) in [4.78, 5) is 31.6. The Morgan fingerprint density at radius 1 is 1.00 bits per heavy atom. The van der Waals surface area contributed by atoms with Gasteiger partial charge in [0.1, 0.15) is 5.76 Å². The average molecular weight is 479 g/mol. The molecule has 1 unspecified atom stereocenters. The predicted octanol–water partition coefficient (Wildman–Crippen LogP) is 4.20. The van der Waals surface area contributed by atoms with Gasteiger partial charge in [0, 0.05) is 28.1 Å². The normalized spacial score (nSPS) is 19.1. The fraction of sp³-hybridized carbons (Fsp3) is 0.0870. The van der Waals surface area contributed by atoms with E-state index in [1.54, 1.807) is 67.0 Å². The first-order chi connectivity index (χ1) is 15.0. The lowest BCUT2D eigenvalue weighted by Crippen LogP contribution is -2.29. The lowest BCUT2D eigenvalue weighted by molar-refractivity contribution is -0.132. The molecule has 7 nitrogen and oxygen atoms in total. The van der Waals surface area contributed by atoms with Crippen LogP contribution in [0.25, 0.3) is 5.76 Å². The molecule has 31 heavy (non-hydrogen) atoms. The van der Waals surface area contributed by atoms with Crippen molar-refractivity contribution in [1.82, 2.24) is 4.98 Å². The third kappa shape index (κ3) is 3.25. The van der Waals surface area contributed by atoms with Gasteiger partial charge in [0.2, 0.25) is 6.79 Å². The van der Waals surface area contributed by atoms with Gasteiger partial charge in [-0.05, 0) is 60.2 Å². The fourth-order valence-electron chi connectivity index (χ4n) is 3.76. The standard InChI is InChI=1S/C23H15BrN2O5/c24-15-2-4-16(5-3-15)26-20(13-7-9-25-10-8-13)19(22(28)23(26)29)21(27)14-1-6-17-18(11-14)31-12-30-17/h1-11,20,27H,12H2/b21-19-. The molecule has 1 atom stereocenters. The zero-order valence-corrected chi connectivity index (χ0v) is 17.6. The quantitative estimate of drug-likeness (QED) is 0.344. The van der Waals surface area contributed by atoms with E-state index >= 15 is 0 Å². The molecule has 1 fully saturated rings. The van der Waals surface area contributed by atoms with E-state index in [2.05, 4.69) is 20.9 Å². The number of rotatable bonds is 3. The molecule has 2 aliphatic rings. The summed E-state index contributed by atoms with van der Waals surface area (Å²) in [6, 6.07) is 14.6. The second-order valence-electron chi connectivity index (χ2n) is 6.99. The van der Waals surface area contributed by atoms with Crippen LogP contribution < -0.4 is 14.4 Å². The summed E-state index contributed by atoms with van der Waals surface area (Å²) in [7, 11) is 0. The minimum Gasteiger partial charge on any atom is -0.507 e. The Bertz CT molecular complexity index is 1220. The van der Waals surface area contributed by atoms with Crippen molar-refractivity contribution in [3.63, 3.8) is 0 Å². The van der Waals surface area contributed by atoms with E-state index in [0.717, 1.165) is 4.47 Å². The van der Waals surface area contributed by atoms with Crippen LogP contribution in [0, 0.1) is 0 Å². The summed E-state index contributed by atoms with van der Waals surface area (Å²) in [6.07, 6.45) is 3.16. The molecule has 0 saturated carbocycles. The number of hydrogen-bond donors (Lipinski definition) is 1. The molecule has 2 aromatic carbocycles. The number of pyridine rings is 1.